The number of nitrogens with one attached hydrogen (secondary N) is 1. The number of rotatable bonds is 29. The topological polar surface area (TPSA) is 64.3 Å². The number of aromatic amines is 1. The summed E-state index contributed by atoms with van der Waals surface area (Å²) in [4.78, 5) is 20.2. The molecule has 0 spiro atoms. The van der Waals surface area contributed by atoms with Gasteiger partial charge in [-0.25, -0.2) is 15.0 Å². The van der Waals surface area contributed by atoms with Gasteiger partial charge in [-0.05, 0) is 69.4 Å². The monoisotopic (exact) mass is 813 g/mol. The van der Waals surface area contributed by atoms with Gasteiger partial charge in [0, 0.05) is 24.8 Å². The first-order valence-electron chi connectivity index (χ1n) is 24.9. The Morgan fingerprint density at radius 3 is 1.35 bits per heavy atom. The number of hydrogen-bond donors (Lipinski definition) is 1. The third kappa shape index (κ3) is 11.7. The van der Waals surface area contributed by atoms with Crippen LogP contribution in [0.2, 0.25) is 0 Å². The van der Waals surface area contributed by atoms with E-state index in [0.717, 1.165) is 71.6 Å². The van der Waals surface area contributed by atoms with E-state index in [-0.39, 0.29) is 0 Å². The van der Waals surface area contributed by atoms with Crippen LogP contribution in [0.25, 0.3) is 44.5 Å². The summed E-state index contributed by atoms with van der Waals surface area (Å²) < 4.78 is 5.05. The molecule has 0 saturated heterocycles. The second-order valence-electron chi connectivity index (χ2n) is 18.2. The highest BCUT2D eigenvalue weighted by atomic mass is 15.2. The number of unbranched alkanes of at least 4 members (excludes halogenated alkanes) is 21. The minimum absolute atomic E-state index is 0.957. The molecule has 0 fully saturated rings. The van der Waals surface area contributed by atoms with Crippen LogP contribution in [0.1, 0.15) is 209 Å². The van der Waals surface area contributed by atoms with Crippen molar-refractivity contribution >= 4 is 33.1 Å². The van der Waals surface area contributed by atoms with Gasteiger partial charge < -0.3 is 4.98 Å². The Morgan fingerprint density at radius 2 is 0.867 bits per heavy atom. The van der Waals surface area contributed by atoms with E-state index in [1.165, 1.54) is 180 Å². The van der Waals surface area contributed by atoms with Crippen molar-refractivity contribution in [3.63, 3.8) is 0 Å². The number of nitrogens with zero attached hydrogens (tertiary/aromatic N) is 5. The first-order valence-corrected chi connectivity index (χ1v) is 24.9. The van der Waals surface area contributed by atoms with Gasteiger partial charge in [0.15, 0.2) is 0 Å². The Labute approximate surface area is 363 Å². The van der Waals surface area contributed by atoms with E-state index < -0.39 is 0 Å². The Kier molecular flexibility index (Phi) is 18.2. The van der Waals surface area contributed by atoms with Gasteiger partial charge in [-0.2, -0.15) is 0 Å². The third-order valence-corrected chi connectivity index (χ3v) is 13.2. The van der Waals surface area contributed by atoms with Crippen LogP contribution in [0.4, 0.5) is 0 Å². The van der Waals surface area contributed by atoms with Crippen LogP contribution in [0.3, 0.4) is 0 Å². The van der Waals surface area contributed by atoms with Crippen molar-refractivity contribution < 1.29 is 0 Å². The van der Waals surface area contributed by atoms with Gasteiger partial charge in [-0.1, -0.05) is 180 Å². The van der Waals surface area contributed by atoms with Crippen molar-refractivity contribution in [2.75, 3.05) is 0 Å². The molecule has 0 atom stereocenters. The van der Waals surface area contributed by atoms with Crippen molar-refractivity contribution in [3.05, 3.63) is 76.6 Å². The fourth-order valence-electron chi connectivity index (χ4n) is 9.60. The third-order valence-electron chi connectivity index (χ3n) is 13.2. The number of imidazole rings is 3. The summed E-state index contributed by atoms with van der Waals surface area (Å²) >= 11 is 0. The zero-order chi connectivity index (χ0) is 42.1. The number of aromatic nitrogens is 6. The van der Waals surface area contributed by atoms with Crippen LogP contribution in [0.5, 0.6) is 0 Å². The highest BCUT2D eigenvalue weighted by Crippen LogP contribution is 2.38. The van der Waals surface area contributed by atoms with E-state index in [0.29, 0.717) is 0 Å². The molecule has 0 aliphatic heterocycles. The van der Waals surface area contributed by atoms with E-state index in [1.54, 1.807) is 0 Å². The number of benzene rings is 3. The van der Waals surface area contributed by atoms with E-state index in [1.807, 2.05) is 0 Å². The fourth-order valence-corrected chi connectivity index (χ4v) is 9.60. The summed E-state index contributed by atoms with van der Waals surface area (Å²) in [6, 6.07) is 15.8. The molecule has 326 valence electrons. The molecule has 6 heteroatoms. The Balaban J connectivity index is 1.40. The van der Waals surface area contributed by atoms with Crippen LogP contribution in [-0.4, -0.2) is 29.1 Å². The lowest BCUT2D eigenvalue weighted by atomic mass is 10.1. The van der Waals surface area contributed by atoms with Crippen LogP contribution in [-0.2, 0) is 19.3 Å². The number of hydrogen-bond acceptors (Lipinski definition) is 3. The highest BCUT2D eigenvalue weighted by molar-refractivity contribution is 5.92. The molecule has 3 aromatic carbocycles. The van der Waals surface area contributed by atoms with Crippen molar-refractivity contribution in [2.24, 2.45) is 0 Å². The SMILES string of the molecule is CCCCCCCCCCCc1nc2c(C)c(-n3c(CCCCCCCCCC)nc4c(C)cccc43)c(-n3c(CCCCCCCCC)nc4c(C)cccc43)cc2[nH]1. The van der Waals surface area contributed by atoms with Crippen LogP contribution < -0.4 is 0 Å². The number of fused-ring (bicyclic) bond motifs is 3. The smallest absolute Gasteiger partial charge is 0.114 e. The molecule has 3 heterocycles. The van der Waals surface area contributed by atoms with Crippen LogP contribution in [0, 0.1) is 20.8 Å². The zero-order valence-electron chi connectivity index (χ0n) is 38.9. The molecule has 0 bridgehead atoms. The van der Waals surface area contributed by atoms with Gasteiger partial charge >= 0.3 is 0 Å². The highest BCUT2D eigenvalue weighted by Gasteiger charge is 2.25. The van der Waals surface area contributed by atoms with Crippen LogP contribution in [0.15, 0.2) is 42.5 Å². The standard InChI is InChI=1S/C54H80N6/c1-7-10-13-16-19-21-23-25-28-37-48-55-44-40-47(59-45-35-31-33-41(4)51(45)57-49(59)38-29-26-22-18-15-12-9-3)54(43(6)53(44)56-48)60-46-36-32-34-42(5)52(46)58-50(60)39-30-27-24-20-17-14-11-8-2/h31-36,40H,7-30,37-39H2,1-6H3,(H,55,56). The largest absolute Gasteiger partial charge is 0.342 e. The maximum absolute atomic E-state index is 5.48. The molecule has 0 saturated carbocycles. The van der Waals surface area contributed by atoms with Crippen LogP contribution >= 0.6 is 0 Å². The minimum Gasteiger partial charge on any atom is -0.342 e. The molecule has 6 nitrogen and oxygen atoms in total. The Hall–Kier alpha value is -3.93. The molecule has 3 aromatic heterocycles. The van der Waals surface area contributed by atoms with Gasteiger partial charge in [0.05, 0.1) is 44.5 Å². The maximum Gasteiger partial charge on any atom is 0.114 e. The van der Waals surface area contributed by atoms with E-state index in [2.05, 4.69) is 98.1 Å². The van der Waals surface area contributed by atoms with Crippen molar-refractivity contribution in [2.45, 2.75) is 215 Å². The molecule has 6 rings (SSSR count). The number of aryl methyl sites for hydroxylation is 6. The second-order valence-corrected chi connectivity index (χ2v) is 18.2. The predicted octanol–water partition coefficient (Wildman–Crippen LogP) is 16.2. The van der Waals surface area contributed by atoms with Gasteiger partial charge in [-0.15, -0.1) is 0 Å². The summed E-state index contributed by atoms with van der Waals surface area (Å²) in [5.74, 6) is 3.43. The lowest BCUT2D eigenvalue weighted by molar-refractivity contribution is 0.562. The van der Waals surface area contributed by atoms with Gasteiger partial charge in [0.2, 0.25) is 0 Å². The zero-order valence-corrected chi connectivity index (χ0v) is 38.9. The molecule has 60 heavy (non-hydrogen) atoms. The van der Waals surface area contributed by atoms with E-state index in [4.69, 9.17) is 15.0 Å². The summed E-state index contributed by atoms with van der Waals surface area (Å²) in [5.41, 5.74) is 12.9. The average Bonchev–Trinajstić information content (AvgIpc) is 3.95. The summed E-state index contributed by atoms with van der Waals surface area (Å²) in [7, 11) is 0. The molecule has 6 aromatic rings. The molecule has 0 unspecified atom stereocenters. The molecule has 0 aliphatic rings. The van der Waals surface area contributed by atoms with Crippen molar-refractivity contribution in [1.29, 1.82) is 0 Å². The summed E-state index contributed by atoms with van der Waals surface area (Å²) in [5, 5.41) is 0. The normalized spacial score (nSPS) is 12.0. The van der Waals surface area contributed by atoms with Gasteiger partial charge in [0.25, 0.3) is 0 Å². The quantitative estimate of drug-likeness (QED) is 0.0480. The van der Waals surface area contributed by atoms with Crippen molar-refractivity contribution in [3.8, 4) is 11.4 Å². The number of H-pyrrole nitrogens is 1. The van der Waals surface area contributed by atoms with E-state index in [9.17, 15) is 0 Å². The molecule has 0 amide bonds. The Morgan fingerprint density at radius 1 is 0.450 bits per heavy atom. The number of para-hydroxylation sites is 2. The first-order chi connectivity index (χ1) is 29.5. The minimum atomic E-state index is 0.957. The lowest BCUT2D eigenvalue weighted by Gasteiger charge is -2.20. The van der Waals surface area contributed by atoms with Gasteiger partial charge in [-0.3, -0.25) is 9.13 Å². The summed E-state index contributed by atoms with van der Waals surface area (Å²) in [6.07, 6.45) is 34.3. The Bertz CT molecular complexity index is 2200. The molecule has 0 aliphatic carbocycles. The molecule has 0 radical (unpaired) electrons. The summed E-state index contributed by atoms with van der Waals surface area (Å²) in [6.45, 7) is 13.6. The molecular formula is C54H80N6. The molecular weight excluding hydrogens is 733 g/mol. The maximum atomic E-state index is 5.48. The average molecular weight is 813 g/mol. The van der Waals surface area contributed by atoms with E-state index >= 15 is 0 Å². The fraction of sp³-hybridized carbons (Fsp3) is 0.611. The second kappa shape index (κ2) is 23.9. The lowest BCUT2D eigenvalue weighted by Crippen LogP contribution is -2.11. The first kappa shape index (κ1) is 45.6. The van der Waals surface area contributed by atoms with Gasteiger partial charge in [0.1, 0.15) is 17.5 Å². The predicted molar refractivity (Wildman–Crippen MR) is 259 cm³/mol. The van der Waals surface area contributed by atoms with Crippen molar-refractivity contribution in [1.82, 2.24) is 29.1 Å². The molecule has 1 N–H and O–H groups in total.